The van der Waals surface area contributed by atoms with Crippen molar-refractivity contribution in [1.29, 1.82) is 0 Å². The summed E-state index contributed by atoms with van der Waals surface area (Å²) in [6, 6.07) is 17.2. The molecule has 2 aliphatic heterocycles. The Kier molecular flexibility index (Phi) is 9.64. The smallest absolute Gasteiger partial charge is 0.262 e. The van der Waals surface area contributed by atoms with Crippen LogP contribution in [0.5, 0.6) is 5.75 Å². The number of nitrogens with one attached hydrogen (secondary N) is 1. The third-order valence-corrected chi connectivity index (χ3v) is 8.95. The second-order valence-electron chi connectivity index (χ2n) is 12.0. The van der Waals surface area contributed by atoms with Gasteiger partial charge in [-0.1, -0.05) is 18.2 Å². The highest BCUT2D eigenvalue weighted by Gasteiger charge is 2.32. The number of piperidine rings is 1. The fourth-order valence-corrected chi connectivity index (χ4v) is 6.38. The topological polar surface area (TPSA) is 82.2 Å². The average molecular weight is 601 g/mol. The van der Waals surface area contributed by atoms with Crippen LogP contribution in [0, 0.1) is 12.7 Å². The van der Waals surface area contributed by atoms with Crippen molar-refractivity contribution < 1.29 is 23.5 Å². The first-order chi connectivity index (χ1) is 21.2. The van der Waals surface area contributed by atoms with Gasteiger partial charge in [-0.2, -0.15) is 0 Å². The number of halogens is 1. The maximum atomic E-state index is 14.6. The first kappa shape index (κ1) is 31.2. The number of likely N-dealkylation sites (tertiary alicyclic amines) is 1. The highest BCUT2D eigenvalue weighted by molar-refractivity contribution is 6.09. The van der Waals surface area contributed by atoms with Crippen molar-refractivity contribution >= 4 is 29.1 Å². The number of aryl methyl sites for hydroxylation is 1. The number of methoxy groups -OCH3 is 1. The van der Waals surface area contributed by atoms with Crippen LogP contribution in [0.25, 0.3) is 0 Å². The predicted molar refractivity (Wildman–Crippen MR) is 170 cm³/mol. The van der Waals surface area contributed by atoms with Crippen LogP contribution in [-0.2, 0) is 4.79 Å². The summed E-state index contributed by atoms with van der Waals surface area (Å²) in [5.74, 6) is -0.739. The molecule has 44 heavy (non-hydrogen) atoms. The van der Waals surface area contributed by atoms with Crippen molar-refractivity contribution in [3.8, 4) is 5.75 Å². The molecule has 1 N–H and O–H groups in total. The number of amides is 3. The summed E-state index contributed by atoms with van der Waals surface area (Å²) in [5.41, 5.74) is 3.53. The van der Waals surface area contributed by atoms with Crippen molar-refractivity contribution in [2.45, 2.75) is 51.0 Å². The molecule has 0 saturated carbocycles. The van der Waals surface area contributed by atoms with Gasteiger partial charge in [-0.3, -0.25) is 14.4 Å². The summed E-state index contributed by atoms with van der Waals surface area (Å²) in [6.07, 6.45) is 3.49. The molecule has 8 nitrogen and oxygen atoms in total. The number of hydrogen-bond acceptors (Lipinski definition) is 5. The van der Waals surface area contributed by atoms with Gasteiger partial charge in [-0.15, -0.1) is 0 Å². The second kappa shape index (κ2) is 13.6. The number of nitrogens with zero attached hydrogens (tertiary/aromatic N) is 3. The Balaban J connectivity index is 1.35. The molecule has 1 atom stereocenters. The lowest BCUT2D eigenvalue weighted by molar-refractivity contribution is -0.133. The van der Waals surface area contributed by atoms with E-state index in [0.29, 0.717) is 59.2 Å². The van der Waals surface area contributed by atoms with E-state index in [1.54, 1.807) is 35.2 Å². The minimum Gasteiger partial charge on any atom is -0.496 e. The lowest BCUT2D eigenvalue weighted by atomic mass is 9.90. The van der Waals surface area contributed by atoms with Crippen LogP contribution < -0.4 is 15.0 Å². The van der Waals surface area contributed by atoms with Gasteiger partial charge in [0.15, 0.2) is 0 Å². The number of rotatable bonds is 7. The van der Waals surface area contributed by atoms with Crippen molar-refractivity contribution in [3.05, 3.63) is 88.7 Å². The molecule has 1 saturated heterocycles. The van der Waals surface area contributed by atoms with E-state index < -0.39 is 5.82 Å². The zero-order chi connectivity index (χ0) is 31.4. The van der Waals surface area contributed by atoms with Gasteiger partial charge in [0.2, 0.25) is 5.91 Å². The zero-order valence-electron chi connectivity index (χ0n) is 25.9. The van der Waals surface area contributed by atoms with Crippen LogP contribution >= 0.6 is 0 Å². The first-order valence-electron chi connectivity index (χ1n) is 15.3. The lowest BCUT2D eigenvalue weighted by Gasteiger charge is -2.36. The molecule has 2 aliphatic rings. The number of benzene rings is 3. The number of fused-ring (bicyclic) bond motifs is 1. The molecule has 232 valence electrons. The van der Waals surface area contributed by atoms with Crippen molar-refractivity contribution in [2.24, 2.45) is 0 Å². The molecule has 9 heteroatoms. The van der Waals surface area contributed by atoms with Crippen LogP contribution in [0.4, 0.5) is 15.8 Å². The molecule has 3 amide bonds. The van der Waals surface area contributed by atoms with Gasteiger partial charge in [-0.05, 0) is 100 Å². The van der Waals surface area contributed by atoms with Gasteiger partial charge < -0.3 is 24.8 Å². The van der Waals surface area contributed by atoms with Crippen molar-refractivity contribution in [2.75, 3.05) is 51.1 Å². The van der Waals surface area contributed by atoms with Crippen molar-refractivity contribution in [3.63, 3.8) is 0 Å². The van der Waals surface area contributed by atoms with Gasteiger partial charge in [0.05, 0.1) is 12.7 Å². The summed E-state index contributed by atoms with van der Waals surface area (Å²) in [7, 11) is 5.62. The second-order valence-corrected chi connectivity index (χ2v) is 12.0. The fourth-order valence-electron chi connectivity index (χ4n) is 6.38. The zero-order valence-corrected chi connectivity index (χ0v) is 25.9. The summed E-state index contributed by atoms with van der Waals surface area (Å²) >= 11 is 0. The molecular formula is C35H41FN4O4. The minimum atomic E-state index is -0.395. The predicted octanol–water partition coefficient (Wildman–Crippen LogP) is 5.86. The van der Waals surface area contributed by atoms with E-state index in [0.717, 1.165) is 31.5 Å². The Morgan fingerprint density at radius 3 is 2.41 bits per heavy atom. The molecule has 0 aliphatic carbocycles. The standard InChI is InChI=1S/C35H41FN4O4/c1-23-8-5-6-10-28(23)34(42)37-26-12-13-29(32(22-26)44-4)35(43)40-17-7-9-24(30-21-25(36)11-14-31(30)40)20-33(41)39-18-15-27(16-19-39)38(2)3/h5-6,8,10-14,21-22,24,27H,7,9,15-20H2,1-4H3,(H,37,42). The van der Waals surface area contributed by atoms with E-state index in [1.807, 2.05) is 30.0 Å². The number of hydrogen-bond donors (Lipinski definition) is 1. The van der Waals surface area contributed by atoms with Crippen molar-refractivity contribution in [1.82, 2.24) is 9.80 Å². The third-order valence-electron chi connectivity index (χ3n) is 8.95. The van der Waals surface area contributed by atoms with E-state index in [4.69, 9.17) is 4.74 Å². The van der Waals surface area contributed by atoms with Gasteiger partial charge in [-0.25, -0.2) is 4.39 Å². The number of anilines is 2. The van der Waals surface area contributed by atoms with Crippen LogP contribution in [0.1, 0.15) is 69.9 Å². The van der Waals surface area contributed by atoms with Gasteiger partial charge in [0.1, 0.15) is 11.6 Å². The van der Waals surface area contributed by atoms with Gasteiger partial charge in [0.25, 0.3) is 11.8 Å². The van der Waals surface area contributed by atoms with E-state index in [2.05, 4.69) is 24.3 Å². The molecular weight excluding hydrogens is 559 g/mol. The molecule has 0 spiro atoms. The molecule has 5 rings (SSSR count). The quantitative estimate of drug-likeness (QED) is 0.367. The maximum Gasteiger partial charge on any atom is 0.262 e. The Hall–Kier alpha value is -4.24. The molecule has 0 aromatic heterocycles. The monoisotopic (exact) mass is 600 g/mol. The highest BCUT2D eigenvalue weighted by atomic mass is 19.1. The van der Waals surface area contributed by atoms with Crippen LogP contribution in [-0.4, -0.2) is 74.4 Å². The van der Waals surface area contributed by atoms with Gasteiger partial charge >= 0.3 is 0 Å². The largest absolute Gasteiger partial charge is 0.496 e. The van der Waals surface area contributed by atoms with Crippen LogP contribution in [0.3, 0.4) is 0 Å². The van der Waals surface area contributed by atoms with E-state index in [-0.39, 0.29) is 30.1 Å². The summed E-state index contributed by atoms with van der Waals surface area (Å²) < 4.78 is 20.2. The fraction of sp³-hybridized carbons (Fsp3) is 0.400. The molecule has 3 aromatic rings. The Morgan fingerprint density at radius 2 is 1.70 bits per heavy atom. The highest BCUT2D eigenvalue weighted by Crippen LogP contribution is 2.39. The molecule has 1 unspecified atom stereocenters. The lowest BCUT2D eigenvalue weighted by Crippen LogP contribution is -2.44. The molecule has 0 bridgehead atoms. The minimum absolute atomic E-state index is 0.0761. The van der Waals surface area contributed by atoms with E-state index >= 15 is 0 Å². The number of ether oxygens (including phenoxy) is 1. The third kappa shape index (κ3) is 6.78. The first-order valence-corrected chi connectivity index (χ1v) is 15.3. The average Bonchev–Trinajstić information content (AvgIpc) is 3.19. The molecule has 1 fully saturated rings. The molecule has 2 heterocycles. The van der Waals surface area contributed by atoms with Crippen LogP contribution in [0.15, 0.2) is 60.7 Å². The Labute approximate surface area is 258 Å². The maximum absolute atomic E-state index is 14.6. The number of carbonyl (C=O) groups excluding carboxylic acids is 3. The SMILES string of the molecule is COc1cc(NC(=O)c2ccccc2C)ccc1C(=O)N1CCCC(CC(=O)N2CCC(N(C)C)CC2)c2cc(F)ccc21. The van der Waals surface area contributed by atoms with Crippen LogP contribution in [0.2, 0.25) is 0 Å². The Bertz CT molecular complexity index is 1530. The number of carbonyl (C=O) groups is 3. The molecule has 3 aromatic carbocycles. The molecule has 0 radical (unpaired) electrons. The summed E-state index contributed by atoms with van der Waals surface area (Å²) in [5, 5.41) is 2.89. The van der Waals surface area contributed by atoms with E-state index in [1.165, 1.54) is 19.2 Å². The van der Waals surface area contributed by atoms with Gasteiger partial charge in [0, 0.05) is 55.1 Å². The van der Waals surface area contributed by atoms with E-state index in [9.17, 15) is 18.8 Å². The summed E-state index contributed by atoms with van der Waals surface area (Å²) in [4.78, 5) is 46.1. The summed E-state index contributed by atoms with van der Waals surface area (Å²) in [6.45, 7) is 3.73. The normalized spacial score (nSPS) is 17.2. The Morgan fingerprint density at radius 1 is 0.955 bits per heavy atom.